The first-order valence-corrected chi connectivity index (χ1v) is 6.30. The summed E-state index contributed by atoms with van der Waals surface area (Å²) in [4.78, 5) is 0. The number of nitrogens with one attached hydrogen (secondary N) is 1. The lowest BCUT2D eigenvalue weighted by Crippen LogP contribution is -2.42. The molecule has 0 aliphatic carbocycles. The molecular formula is C13H29NO2. The lowest BCUT2D eigenvalue weighted by molar-refractivity contribution is 0.103. The summed E-state index contributed by atoms with van der Waals surface area (Å²) >= 11 is 0. The van der Waals surface area contributed by atoms with E-state index in [1.165, 1.54) is 0 Å². The molecule has 3 heteroatoms. The summed E-state index contributed by atoms with van der Waals surface area (Å²) in [6, 6.07) is 0.347. The van der Waals surface area contributed by atoms with Crippen molar-refractivity contribution in [1.82, 2.24) is 5.32 Å². The highest BCUT2D eigenvalue weighted by Crippen LogP contribution is 2.21. The Bertz CT molecular complexity index is 164. The third kappa shape index (κ3) is 8.08. The summed E-state index contributed by atoms with van der Waals surface area (Å²) in [6.07, 6.45) is 0.799. The third-order valence-corrected chi connectivity index (χ3v) is 2.55. The number of ether oxygens (including phenoxy) is 1. The van der Waals surface area contributed by atoms with Crippen LogP contribution in [0.4, 0.5) is 0 Å². The van der Waals surface area contributed by atoms with Crippen LogP contribution in [-0.4, -0.2) is 37.5 Å². The summed E-state index contributed by atoms with van der Waals surface area (Å²) < 4.78 is 5.51. The van der Waals surface area contributed by atoms with Gasteiger partial charge in [-0.1, -0.05) is 34.6 Å². The predicted octanol–water partition coefficient (Wildman–Crippen LogP) is 2.05. The van der Waals surface area contributed by atoms with Gasteiger partial charge in [-0.05, 0) is 17.8 Å². The van der Waals surface area contributed by atoms with Gasteiger partial charge in [0.25, 0.3) is 0 Å². The molecule has 0 bridgehead atoms. The van der Waals surface area contributed by atoms with Gasteiger partial charge in [-0.3, -0.25) is 0 Å². The molecule has 2 N–H and O–H groups in total. The van der Waals surface area contributed by atoms with Crippen LogP contribution in [0.2, 0.25) is 0 Å². The second-order valence-corrected chi connectivity index (χ2v) is 5.85. The van der Waals surface area contributed by atoms with Crippen LogP contribution >= 0.6 is 0 Å². The minimum absolute atomic E-state index is 0.181. The van der Waals surface area contributed by atoms with Gasteiger partial charge in [-0.15, -0.1) is 0 Å². The first-order chi connectivity index (χ1) is 7.38. The van der Waals surface area contributed by atoms with E-state index in [0.717, 1.165) is 26.2 Å². The summed E-state index contributed by atoms with van der Waals surface area (Å²) in [7, 11) is 0. The molecule has 0 aromatic carbocycles. The van der Waals surface area contributed by atoms with E-state index in [4.69, 9.17) is 9.84 Å². The Morgan fingerprint density at radius 2 is 1.88 bits per heavy atom. The maximum Gasteiger partial charge on any atom is 0.0591 e. The fourth-order valence-corrected chi connectivity index (χ4v) is 1.59. The largest absolute Gasteiger partial charge is 0.396 e. The maximum atomic E-state index is 9.00. The highest BCUT2D eigenvalue weighted by Gasteiger charge is 2.23. The van der Waals surface area contributed by atoms with Crippen LogP contribution in [0.1, 0.15) is 41.0 Å². The van der Waals surface area contributed by atoms with Gasteiger partial charge in [0.1, 0.15) is 0 Å². The van der Waals surface area contributed by atoms with E-state index in [2.05, 4.69) is 39.9 Å². The number of hydrogen-bond acceptors (Lipinski definition) is 3. The van der Waals surface area contributed by atoms with Crippen molar-refractivity contribution in [3.8, 4) is 0 Å². The van der Waals surface area contributed by atoms with Crippen LogP contribution in [0.15, 0.2) is 0 Å². The monoisotopic (exact) mass is 231 g/mol. The molecule has 3 nitrogen and oxygen atoms in total. The molecule has 0 fully saturated rings. The van der Waals surface area contributed by atoms with Crippen molar-refractivity contribution in [1.29, 1.82) is 0 Å². The van der Waals surface area contributed by atoms with Crippen molar-refractivity contribution in [3.63, 3.8) is 0 Å². The van der Waals surface area contributed by atoms with Crippen molar-refractivity contribution in [2.45, 2.75) is 47.1 Å². The Labute approximate surface area is 101 Å². The summed E-state index contributed by atoms with van der Waals surface area (Å²) in [5.74, 6) is 0.593. The quantitative estimate of drug-likeness (QED) is 0.628. The highest BCUT2D eigenvalue weighted by atomic mass is 16.5. The van der Waals surface area contributed by atoms with Crippen molar-refractivity contribution in [3.05, 3.63) is 0 Å². The summed E-state index contributed by atoms with van der Waals surface area (Å²) in [6.45, 7) is 13.5. The first kappa shape index (κ1) is 15.9. The van der Waals surface area contributed by atoms with Crippen molar-refractivity contribution in [2.75, 3.05) is 26.4 Å². The Morgan fingerprint density at radius 3 is 2.31 bits per heavy atom. The van der Waals surface area contributed by atoms with Gasteiger partial charge in [0.05, 0.1) is 6.61 Å². The zero-order valence-electron chi connectivity index (χ0n) is 11.5. The molecular weight excluding hydrogens is 202 g/mol. The molecule has 0 aliphatic heterocycles. The van der Waals surface area contributed by atoms with Crippen molar-refractivity contribution >= 4 is 0 Å². The normalized spacial score (nSPS) is 14.4. The SMILES string of the molecule is CC(C)COCCNC(CCO)C(C)(C)C. The molecule has 0 rings (SSSR count). The van der Waals surface area contributed by atoms with E-state index in [1.54, 1.807) is 0 Å². The zero-order valence-corrected chi connectivity index (χ0v) is 11.5. The van der Waals surface area contributed by atoms with E-state index in [-0.39, 0.29) is 12.0 Å². The van der Waals surface area contributed by atoms with Crippen LogP contribution in [0, 0.1) is 11.3 Å². The Balaban J connectivity index is 3.69. The topological polar surface area (TPSA) is 41.5 Å². The van der Waals surface area contributed by atoms with Crippen LogP contribution in [0.5, 0.6) is 0 Å². The minimum Gasteiger partial charge on any atom is -0.396 e. The maximum absolute atomic E-state index is 9.00. The molecule has 1 unspecified atom stereocenters. The average molecular weight is 231 g/mol. The highest BCUT2D eigenvalue weighted by molar-refractivity contribution is 4.79. The molecule has 0 aromatic rings. The summed E-state index contributed by atoms with van der Waals surface area (Å²) in [5, 5.41) is 12.5. The second kappa shape index (κ2) is 8.04. The lowest BCUT2D eigenvalue weighted by Gasteiger charge is -2.31. The van der Waals surface area contributed by atoms with Gasteiger partial charge in [0, 0.05) is 25.8 Å². The number of rotatable bonds is 8. The molecule has 0 heterocycles. The number of hydrogen-bond donors (Lipinski definition) is 2. The van der Waals surface area contributed by atoms with Crippen molar-refractivity contribution in [2.24, 2.45) is 11.3 Å². The van der Waals surface area contributed by atoms with Crippen LogP contribution in [0.3, 0.4) is 0 Å². The van der Waals surface area contributed by atoms with E-state index in [9.17, 15) is 0 Å². The van der Waals surface area contributed by atoms with Gasteiger partial charge < -0.3 is 15.2 Å². The number of aliphatic hydroxyl groups is 1. The molecule has 0 saturated heterocycles. The van der Waals surface area contributed by atoms with Crippen LogP contribution in [0.25, 0.3) is 0 Å². The van der Waals surface area contributed by atoms with Gasteiger partial charge in [0.2, 0.25) is 0 Å². The lowest BCUT2D eigenvalue weighted by atomic mass is 9.85. The summed E-state index contributed by atoms with van der Waals surface area (Å²) in [5.41, 5.74) is 0.181. The van der Waals surface area contributed by atoms with Crippen LogP contribution < -0.4 is 5.32 Å². The molecule has 0 spiro atoms. The van der Waals surface area contributed by atoms with Gasteiger partial charge >= 0.3 is 0 Å². The van der Waals surface area contributed by atoms with E-state index < -0.39 is 0 Å². The molecule has 0 amide bonds. The predicted molar refractivity (Wildman–Crippen MR) is 68.6 cm³/mol. The van der Waals surface area contributed by atoms with Gasteiger partial charge in [-0.2, -0.15) is 0 Å². The number of aliphatic hydroxyl groups excluding tert-OH is 1. The molecule has 98 valence electrons. The molecule has 0 radical (unpaired) electrons. The minimum atomic E-state index is 0.181. The van der Waals surface area contributed by atoms with E-state index in [1.807, 2.05) is 0 Å². The smallest absolute Gasteiger partial charge is 0.0591 e. The first-order valence-electron chi connectivity index (χ1n) is 6.30. The standard InChI is InChI=1S/C13H29NO2/c1-11(2)10-16-9-7-14-12(6-8-15)13(3,4)5/h11-12,14-15H,6-10H2,1-5H3. The van der Waals surface area contributed by atoms with Crippen LogP contribution in [-0.2, 0) is 4.74 Å². The fourth-order valence-electron chi connectivity index (χ4n) is 1.59. The zero-order chi connectivity index (χ0) is 12.6. The Morgan fingerprint density at radius 1 is 1.25 bits per heavy atom. The molecule has 1 atom stereocenters. The molecule has 0 aliphatic rings. The Hall–Kier alpha value is -0.120. The third-order valence-electron chi connectivity index (χ3n) is 2.55. The second-order valence-electron chi connectivity index (χ2n) is 5.85. The van der Waals surface area contributed by atoms with E-state index in [0.29, 0.717) is 12.0 Å². The average Bonchev–Trinajstić information content (AvgIpc) is 2.13. The van der Waals surface area contributed by atoms with Crippen molar-refractivity contribution < 1.29 is 9.84 Å². The fraction of sp³-hybridized carbons (Fsp3) is 1.00. The van der Waals surface area contributed by atoms with Gasteiger partial charge in [0.15, 0.2) is 0 Å². The Kier molecular flexibility index (Phi) is 7.98. The van der Waals surface area contributed by atoms with Gasteiger partial charge in [-0.25, -0.2) is 0 Å². The molecule has 0 saturated carbocycles. The molecule has 0 aromatic heterocycles. The molecule has 16 heavy (non-hydrogen) atoms. The van der Waals surface area contributed by atoms with E-state index >= 15 is 0 Å².